The van der Waals surface area contributed by atoms with Crippen molar-refractivity contribution in [2.75, 3.05) is 13.7 Å². The Hall–Kier alpha value is -1.65. The fourth-order valence-corrected chi connectivity index (χ4v) is 2.17. The minimum absolute atomic E-state index is 0.382. The second-order valence-corrected chi connectivity index (χ2v) is 4.33. The molecule has 0 spiro atoms. The molecule has 0 aliphatic carbocycles. The van der Waals surface area contributed by atoms with Crippen molar-refractivity contribution in [3.63, 3.8) is 0 Å². The molecule has 0 radical (unpaired) electrons. The number of hydrogen-bond donors (Lipinski definition) is 3. The SMILES string of the molecule is COc1cc(C#N)ccc1[C@@H]1O[C@H](CO)[C@H](O)C1O. The third-order valence-electron chi connectivity index (χ3n) is 3.21. The number of rotatable bonds is 3. The first-order valence-electron chi connectivity index (χ1n) is 5.82. The van der Waals surface area contributed by atoms with E-state index in [-0.39, 0.29) is 6.61 Å². The van der Waals surface area contributed by atoms with E-state index in [9.17, 15) is 10.2 Å². The van der Waals surface area contributed by atoms with E-state index in [4.69, 9.17) is 19.8 Å². The summed E-state index contributed by atoms with van der Waals surface area (Å²) in [7, 11) is 1.45. The molecule has 0 saturated carbocycles. The van der Waals surface area contributed by atoms with Crippen LogP contribution in [0.3, 0.4) is 0 Å². The first-order valence-corrected chi connectivity index (χ1v) is 5.82. The highest BCUT2D eigenvalue weighted by molar-refractivity contribution is 5.44. The quantitative estimate of drug-likeness (QED) is 0.694. The summed E-state index contributed by atoms with van der Waals surface area (Å²) in [5, 5.41) is 37.6. The number of ether oxygens (including phenoxy) is 2. The molecule has 1 fully saturated rings. The molecule has 1 saturated heterocycles. The van der Waals surface area contributed by atoms with E-state index in [0.717, 1.165) is 0 Å². The Kier molecular flexibility index (Phi) is 4.02. The largest absolute Gasteiger partial charge is 0.496 e. The van der Waals surface area contributed by atoms with Crippen LogP contribution in [0.1, 0.15) is 17.2 Å². The molecule has 19 heavy (non-hydrogen) atoms. The predicted molar refractivity (Wildman–Crippen MR) is 64.4 cm³/mol. The lowest BCUT2D eigenvalue weighted by Crippen LogP contribution is -2.32. The van der Waals surface area contributed by atoms with E-state index >= 15 is 0 Å². The molecule has 1 aromatic rings. The van der Waals surface area contributed by atoms with Gasteiger partial charge in [0.25, 0.3) is 0 Å². The molecule has 6 heteroatoms. The van der Waals surface area contributed by atoms with E-state index in [2.05, 4.69) is 0 Å². The first-order chi connectivity index (χ1) is 9.12. The molecule has 1 aliphatic rings. The van der Waals surface area contributed by atoms with E-state index in [1.54, 1.807) is 12.1 Å². The first kappa shape index (κ1) is 13.8. The normalized spacial score (nSPS) is 30.1. The Balaban J connectivity index is 2.35. The minimum Gasteiger partial charge on any atom is -0.496 e. The van der Waals surface area contributed by atoms with Crippen molar-refractivity contribution in [3.8, 4) is 11.8 Å². The second kappa shape index (κ2) is 5.55. The molecule has 1 unspecified atom stereocenters. The summed E-state index contributed by atoms with van der Waals surface area (Å²) in [6.45, 7) is -0.382. The number of methoxy groups -OCH3 is 1. The average Bonchev–Trinajstić information content (AvgIpc) is 2.74. The molecular weight excluding hydrogens is 250 g/mol. The van der Waals surface area contributed by atoms with Gasteiger partial charge in [-0.1, -0.05) is 6.07 Å². The van der Waals surface area contributed by atoms with E-state index in [1.807, 2.05) is 6.07 Å². The lowest BCUT2D eigenvalue weighted by Gasteiger charge is -2.18. The van der Waals surface area contributed by atoms with E-state index in [0.29, 0.717) is 16.9 Å². The standard InChI is InChI=1S/C13H15NO5/c1-18-9-4-7(5-14)2-3-8(9)13-12(17)11(16)10(6-15)19-13/h2-4,10-13,15-17H,6H2,1H3/t10-,11+,12?,13+/m1/s1. The zero-order valence-electron chi connectivity index (χ0n) is 10.4. The molecule has 1 heterocycles. The van der Waals surface area contributed by atoms with E-state index < -0.39 is 24.4 Å². The van der Waals surface area contributed by atoms with Crippen LogP contribution in [-0.4, -0.2) is 47.3 Å². The smallest absolute Gasteiger partial charge is 0.126 e. The van der Waals surface area contributed by atoms with Gasteiger partial charge in [-0.3, -0.25) is 0 Å². The number of nitrogens with zero attached hydrogens (tertiary/aromatic N) is 1. The van der Waals surface area contributed by atoms with Gasteiger partial charge < -0.3 is 24.8 Å². The summed E-state index contributed by atoms with van der Waals surface area (Å²) in [5.41, 5.74) is 0.955. The van der Waals surface area contributed by atoms with Gasteiger partial charge in [-0.2, -0.15) is 5.26 Å². The van der Waals surface area contributed by atoms with Gasteiger partial charge in [-0.15, -0.1) is 0 Å². The number of aliphatic hydroxyl groups is 3. The third-order valence-corrected chi connectivity index (χ3v) is 3.21. The van der Waals surface area contributed by atoms with Crippen LogP contribution in [0, 0.1) is 11.3 Å². The van der Waals surface area contributed by atoms with Crippen molar-refractivity contribution in [2.24, 2.45) is 0 Å². The van der Waals surface area contributed by atoms with Crippen molar-refractivity contribution >= 4 is 0 Å². The minimum atomic E-state index is -1.16. The molecule has 0 aromatic heterocycles. The van der Waals surface area contributed by atoms with Crippen LogP contribution in [0.15, 0.2) is 18.2 Å². The molecule has 2 rings (SSSR count). The van der Waals surface area contributed by atoms with Gasteiger partial charge in [0, 0.05) is 5.56 Å². The lowest BCUT2D eigenvalue weighted by atomic mass is 9.99. The Morgan fingerprint density at radius 2 is 2.11 bits per heavy atom. The topological polar surface area (TPSA) is 103 Å². The number of hydrogen-bond acceptors (Lipinski definition) is 6. The third kappa shape index (κ3) is 2.41. The lowest BCUT2D eigenvalue weighted by molar-refractivity contribution is -0.0233. The van der Waals surface area contributed by atoms with Crippen LogP contribution in [0.25, 0.3) is 0 Å². The van der Waals surface area contributed by atoms with Gasteiger partial charge >= 0.3 is 0 Å². The highest BCUT2D eigenvalue weighted by atomic mass is 16.6. The monoisotopic (exact) mass is 265 g/mol. The Morgan fingerprint density at radius 1 is 1.37 bits per heavy atom. The van der Waals surface area contributed by atoms with Crippen LogP contribution in [0.2, 0.25) is 0 Å². The van der Waals surface area contributed by atoms with Crippen molar-refractivity contribution in [1.29, 1.82) is 5.26 Å². The van der Waals surface area contributed by atoms with Gasteiger partial charge in [0.2, 0.25) is 0 Å². The highest BCUT2D eigenvalue weighted by Crippen LogP contribution is 2.38. The zero-order valence-corrected chi connectivity index (χ0v) is 10.4. The van der Waals surface area contributed by atoms with Crippen LogP contribution in [0.4, 0.5) is 0 Å². The molecule has 102 valence electrons. The molecular formula is C13H15NO5. The van der Waals surface area contributed by atoms with Crippen molar-refractivity contribution in [3.05, 3.63) is 29.3 Å². The molecule has 1 aromatic carbocycles. The van der Waals surface area contributed by atoms with Gasteiger partial charge in [0.05, 0.1) is 25.3 Å². The fraction of sp³-hybridized carbons (Fsp3) is 0.462. The maximum atomic E-state index is 9.95. The van der Waals surface area contributed by atoms with Gasteiger partial charge in [-0.05, 0) is 12.1 Å². The summed E-state index contributed by atoms with van der Waals surface area (Å²) in [4.78, 5) is 0. The predicted octanol–water partition coefficient (Wildman–Crippen LogP) is -0.279. The molecule has 6 nitrogen and oxygen atoms in total. The number of aliphatic hydroxyl groups excluding tert-OH is 3. The van der Waals surface area contributed by atoms with E-state index in [1.165, 1.54) is 13.2 Å². The Morgan fingerprint density at radius 3 is 2.63 bits per heavy atom. The Bertz CT molecular complexity index is 498. The van der Waals surface area contributed by atoms with Crippen LogP contribution >= 0.6 is 0 Å². The zero-order chi connectivity index (χ0) is 14.0. The van der Waals surface area contributed by atoms with Crippen LogP contribution < -0.4 is 4.74 Å². The number of nitriles is 1. The molecule has 0 amide bonds. The fourth-order valence-electron chi connectivity index (χ4n) is 2.17. The maximum absolute atomic E-state index is 9.95. The molecule has 0 bridgehead atoms. The second-order valence-electron chi connectivity index (χ2n) is 4.33. The summed E-state index contributed by atoms with van der Waals surface area (Å²) in [6, 6.07) is 6.70. The molecule has 4 atom stereocenters. The molecule has 3 N–H and O–H groups in total. The van der Waals surface area contributed by atoms with Crippen molar-refractivity contribution in [2.45, 2.75) is 24.4 Å². The van der Waals surface area contributed by atoms with Gasteiger partial charge in [-0.25, -0.2) is 0 Å². The number of benzene rings is 1. The van der Waals surface area contributed by atoms with Crippen LogP contribution in [0.5, 0.6) is 5.75 Å². The summed E-state index contributed by atoms with van der Waals surface area (Å²) >= 11 is 0. The Labute approximate surface area is 110 Å². The van der Waals surface area contributed by atoms with Gasteiger partial charge in [0.1, 0.15) is 30.2 Å². The van der Waals surface area contributed by atoms with Gasteiger partial charge in [0.15, 0.2) is 0 Å². The summed E-state index contributed by atoms with van der Waals surface area (Å²) in [5.74, 6) is 0.397. The molecule has 1 aliphatic heterocycles. The van der Waals surface area contributed by atoms with Crippen LogP contribution in [-0.2, 0) is 4.74 Å². The summed E-state index contributed by atoms with van der Waals surface area (Å²) in [6.07, 6.45) is -3.94. The van der Waals surface area contributed by atoms with Crippen molar-refractivity contribution in [1.82, 2.24) is 0 Å². The highest BCUT2D eigenvalue weighted by Gasteiger charge is 2.43. The maximum Gasteiger partial charge on any atom is 0.126 e. The van der Waals surface area contributed by atoms with Crippen molar-refractivity contribution < 1.29 is 24.8 Å². The summed E-state index contributed by atoms with van der Waals surface area (Å²) < 4.78 is 10.6. The average molecular weight is 265 g/mol.